The number of rotatable bonds is 1. The Hall–Kier alpha value is 1.12. The Bertz CT molecular complexity index is 163. The Kier molecular flexibility index (Phi) is 3.19. The quantitative estimate of drug-likeness (QED) is 0.496. The van der Waals surface area contributed by atoms with Crippen LogP contribution in [0.15, 0.2) is 17.4 Å². The van der Waals surface area contributed by atoms with Crippen LogP contribution in [-0.2, 0) is 0 Å². The normalized spacial score (nSPS) is 18.3. The van der Waals surface area contributed by atoms with Crippen molar-refractivity contribution in [1.29, 1.82) is 0 Å². The van der Waals surface area contributed by atoms with E-state index in [1.165, 1.54) is 6.42 Å². The fourth-order valence-electron chi connectivity index (χ4n) is 1.31. The molecule has 44 valence electrons. The van der Waals surface area contributed by atoms with Gasteiger partial charge in [0.25, 0.3) is 0 Å². The number of hydrogen-bond donors (Lipinski definition) is 0. The second-order valence-corrected chi connectivity index (χ2v) is 4.88. The van der Waals surface area contributed by atoms with Crippen molar-refractivity contribution in [2.45, 2.75) is 20.3 Å². The molecule has 1 rings (SSSR count). The molecule has 9 heavy (non-hydrogen) atoms. The Morgan fingerprint density at radius 1 is 1.56 bits per heavy atom. The van der Waals surface area contributed by atoms with Crippen molar-refractivity contribution < 1.29 is 0 Å². The van der Waals surface area contributed by atoms with Crippen molar-refractivity contribution in [3.8, 4) is 0 Å². The van der Waals surface area contributed by atoms with Gasteiger partial charge in [0.2, 0.25) is 0 Å². The minimum atomic E-state index is 0.759. The van der Waals surface area contributed by atoms with Crippen LogP contribution < -0.4 is 0 Å². The Morgan fingerprint density at radius 2 is 2.22 bits per heavy atom. The molecule has 0 aromatic rings. The standard InChI is InChI=1S/C8H11.K/c1-7(2)8-5-3-4-6-8;/h3,5,7H,4H2,1-2H3;. The summed E-state index contributed by atoms with van der Waals surface area (Å²) in [6.07, 6.45) is 5.84. The van der Waals surface area contributed by atoms with Gasteiger partial charge in [-0.05, 0) is 0 Å². The summed E-state index contributed by atoms with van der Waals surface area (Å²) in [6.45, 7) is 4.55. The van der Waals surface area contributed by atoms with Crippen LogP contribution in [0.5, 0.6) is 0 Å². The second kappa shape index (κ2) is 3.49. The molecule has 0 atom stereocenters. The summed E-state index contributed by atoms with van der Waals surface area (Å²) in [7, 11) is 0. The fourth-order valence-corrected chi connectivity index (χ4v) is 2.84. The van der Waals surface area contributed by atoms with E-state index >= 15 is 0 Å². The first-order valence-electron chi connectivity index (χ1n) is 3.58. The molecule has 0 unspecified atom stereocenters. The van der Waals surface area contributed by atoms with E-state index in [0.717, 1.165) is 54.9 Å². The van der Waals surface area contributed by atoms with Crippen molar-refractivity contribution >= 4 is 49.0 Å². The van der Waals surface area contributed by atoms with Gasteiger partial charge in [-0.3, -0.25) is 0 Å². The molecular weight excluding hydrogens is 135 g/mol. The predicted molar refractivity (Wildman–Crippen MR) is 41.4 cm³/mol. The first-order valence-corrected chi connectivity index (χ1v) is 5.14. The van der Waals surface area contributed by atoms with Crippen LogP contribution >= 0.6 is 0 Å². The first-order chi connectivity index (χ1) is 4.22. The molecule has 1 aliphatic carbocycles. The second-order valence-electron chi connectivity index (χ2n) is 3.00. The van der Waals surface area contributed by atoms with Crippen molar-refractivity contribution in [3.63, 3.8) is 0 Å². The van der Waals surface area contributed by atoms with Gasteiger partial charge in [-0.15, -0.1) is 0 Å². The third kappa shape index (κ3) is 2.02. The molecule has 0 amide bonds. The summed E-state index contributed by atoms with van der Waals surface area (Å²) in [4.78, 5) is 0. The molecule has 0 fully saturated rings. The molecule has 1 heteroatoms. The van der Waals surface area contributed by atoms with Gasteiger partial charge < -0.3 is 0 Å². The molecule has 0 N–H and O–H groups in total. The molecule has 0 saturated carbocycles. The Labute approximate surface area is 91.0 Å². The SMILES string of the molecule is CC(C)C1=[C]([K])CC=C1. The van der Waals surface area contributed by atoms with E-state index in [0.29, 0.717) is 0 Å². The van der Waals surface area contributed by atoms with Gasteiger partial charge >= 0.3 is 92.5 Å². The minimum absolute atomic E-state index is 0.759. The summed E-state index contributed by atoms with van der Waals surface area (Å²) >= 11 is 0.913. The van der Waals surface area contributed by atoms with E-state index in [-0.39, 0.29) is 0 Å². The van der Waals surface area contributed by atoms with Crippen molar-refractivity contribution in [2.24, 2.45) is 5.92 Å². The molecule has 0 saturated heterocycles. The maximum atomic E-state index is 2.30. The molecule has 0 spiro atoms. The molecular formula is C8H11K. The van der Waals surface area contributed by atoms with Crippen LogP contribution in [0.25, 0.3) is 0 Å². The van der Waals surface area contributed by atoms with Gasteiger partial charge in [0.1, 0.15) is 0 Å². The zero-order chi connectivity index (χ0) is 6.85. The van der Waals surface area contributed by atoms with Gasteiger partial charge in [-0.1, -0.05) is 0 Å². The molecule has 0 aromatic carbocycles. The van der Waals surface area contributed by atoms with Crippen molar-refractivity contribution in [1.82, 2.24) is 0 Å². The van der Waals surface area contributed by atoms with Gasteiger partial charge in [-0.25, -0.2) is 0 Å². The average molecular weight is 146 g/mol. The topological polar surface area (TPSA) is 0 Å². The van der Waals surface area contributed by atoms with Crippen LogP contribution in [-0.4, -0.2) is 49.0 Å². The van der Waals surface area contributed by atoms with E-state index in [4.69, 9.17) is 0 Å². The van der Waals surface area contributed by atoms with E-state index < -0.39 is 0 Å². The zero-order valence-corrected chi connectivity index (χ0v) is 9.56. The summed E-state index contributed by atoms with van der Waals surface area (Å²) in [5, 5.41) is 0. The monoisotopic (exact) mass is 146 g/mol. The van der Waals surface area contributed by atoms with Crippen LogP contribution in [0, 0.1) is 5.92 Å². The van der Waals surface area contributed by atoms with Crippen molar-refractivity contribution in [2.75, 3.05) is 0 Å². The summed E-state index contributed by atoms with van der Waals surface area (Å²) < 4.78 is 1.73. The van der Waals surface area contributed by atoms with Crippen LogP contribution in [0.4, 0.5) is 0 Å². The Morgan fingerprint density at radius 3 is 2.44 bits per heavy atom. The van der Waals surface area contributed by atoms with E-state index in [1.807, 2.05) is 0 Å². The molecule has 0 nitrogen and oxygen atoms in total. The molecule has 0 radical (unpaired) electrons. The van der Waals surface area contributed by atoms with Gasteiger partial charge in [0.15, 0.2) is 0 Å². The summed E-state index contributed by atoms with van der Waals surface area (Å²) in [5.41, 5.74) is 1.62. The molecule has 0 aromatic heterocycles. The molecule has 1 aliphatic rings. The maximum absolute atomic E-state index is 2.30. The summed E-state index contributed by atoms with van der Waals surface area (Å²) in [6, 6.07) is 0. The number of allylic oxidation sites excluding steroid dienone is 4. The Balaban J connectivity index is 2.77. The molecule has 0 aliphatic heterocycles. The number of hydrogen-bond acceptors (Lipinski definition) is 0. The molecule has 0 bridgehead atoms. The predicted octanol–water partition coefficient (Wildman–Crippen LogP) is 2.02. The third-order valence-electron chi connectivity index (χ3n) is 1.84. The first kappa shape index (κ1) is 8.22. The summed E-state index contributed by atoms with van der Waals surface area (Å²) in [5.74, 6) is 0.759. The molecule has 0 heterocycles. The van der Waals surface area contributed by atoms with Gasteiger partial charge in [0, 0.05) is 0 Å². The third-order valence-corrected chi connectivity index (χ3v) is 3.38. The van der Waals surface area contributed by atoms with E-state index in [9.17, 15) is 0 Å². The fraction of sp³-hybridized carbons (Fsp3) is 0.500. The van der Waals surface area contributed by atoms with Crippen LogP contribution in [0.2, 0.25) is 0 Å². The van der Waals surface area contributed by atoms with E-state index in [2.05, 4.69) is 26.0 Å². The van der Waals surface area contributed by atoms with Crippen molar-refractivity contribution in [3.05, 3.63) is 17.4 Å². The zero-order valence-electron chi connectivity index (χ0n) is 6.44. The van der Waals surface area contributed by atoms with E-state index in [1.54, 1.807) is 5.24 Å². The average Bonchev–Trinajstić information content (AvgIpc) is 2.13. The van der Waals surface area contributed by atoms with Gasteiger partial charge in [-0.2, -0.15) is 0 Å². The van der Waals surface area contributed by atoms with Crippen LogP contribution in [0.1, 0.15) is 20.3 Å². The van der Waals surface area contributed by atoms with Crippen LogP contribution in [0.3, 0.4) is 0 Å². The van der Waals surface area contributed by atoms with Gasteiger partial charge in [0.05, 0.1) is 0 Å².